The predicted octanol–water partition coefficient (Wildman–Crippen LogP) is 5.27. The largest absolute Gasteiger partial charge is 0.508 e. The molecule has 0 saturated carbocycles. The van der Waals surface area contributed by atoms with E-state index in [4.69, 9.17) is 4.74 Å². The molecule has 0 fully saturated rings. The second-order valence-electron chi connectivity index (χ2n) is 5.04. The summed E-state index contributed by atoms with van der Waals surface area (Å²) in [5, 5.41) is 11.5. The number of fused-ring (bicyclic) bond motifs is 1. The average molecular weight is 337 g/mol. The summed E-state index contributed by atoms with van der Waals surface area (Å²) in [7, 11) is 0. The van der Waals surface area contributed by atoms with Gasteiger partial charge in [0.2, 0.25) is 0 Å². The standard InChI is InChI=1S/C17H21BrO2/c1-2-15(18)5-3-4-10-20-17-9-7-13-11-16(19)8-6-14(13)12-17/h6-9,11-12,15,19H,2-5,10H2,1H3. The highest BCUT2D eigenvalue weighted by Gasteiger charge is 2.01. The number of benzene rings is 2. The molecule has 0 aliphatic rings. The first-order chi connectivity index (χ1) is 9.69. The molecule has 0 aliphatic carbocycles. The highest BCUT2D eigenvalue weighted by molar-refractivity contribution is 9.09. The minimum Gasteiger partial charge on any atom is -0.508 e. The molecule has 3 heteroatoms. The van der Waals surface area contributed by atoms with Crippen LogP contribution in [0.25, 0.3) is 10.8 Å². The maximum atomic E-state index is 9.43. The molecule has 0 saturated heterocycles. The molecule has 0 aromatic heterocycles. The molecule has 0 bridgehead atoms. The van der Waals surface area contributed by atoms with Gasteiger partial charge in [-0.25, -0.2) is 0 Å². The second kappa shape index (κ2) is 7.53. The first-order valence-electron chi connectivity index (χ1n) is 7.18. The number of phenols is 1. The summed E-state index contributed by atoms with van der Waals surface area (Å²) < 4.78 is 5.78. The van der Waals surface area contributed by atoms with Crippen LogP contribution in [0.2, 0.25) is 0 Å². The zero-order chi connectivity index (χ0) is 14.4. The Labute approximate surface area is 128 Å². The number of hydrogen-bond acceptors (Lipinski definition) is 2. The van der Waals surface area contributed by atoms with Gasteiger partial charge in [-0.15, -0.1) is 0 Å². The lowest BCUT2D eigenvalue weighted by molar-refractivity contribution is 0.305. The first kappa shape index (κ1) is 15.2. The van der Waals surface area contributed by atoms with Crippen LogP contribution in [0.15, 0.2) is 36.4 Å². The number of phenolic OH excluding ortho intramolecular Hbond substituents is 1. The number of ether oxygens (including phenoxy) is 1. The van der Waals surface area contributed by atoms with E-state index in [9.17, 15) is 5.11 Å². The van der Waals surface area contributed by atoms with Gasteiger partial charge in [0.1, 0.15) is 11.5 Å². The van der Waals surface area contributed by atoms with E-state index in [0.29, 0.717) is 10.6 Å². The van der Waals surface area contributed by atoms with Crippen molar-refractivity contribution in [1.29, 1.82) is 0 Å². The molecular formula is C17H21BrO2. The van der Waals surface area contributed by atoms with Gasteiger partial charge in [0.15, 0.2) is 0 Å². The molecule has 1 N–H and O–H groups in total. The van der Waals surface area contributed by atoms with Gasteiger partial charge < -0.3 is 9.84 Å². The third-order valence-electron chi connectivity index (χ3n) is 3.42. The molecule has 1 unspecified atom stereocenters. The van der Waals surface area contributed by atoms with Crippen molar-refractivity contribution >= 4 is 26.7 Å². The Morgan fingerprint density at radius 3 is 2.65 bits per heavy atom. The quantitative estimate of drug-likeness (QED) is 0.551. The Bertz CT molecular complexity index is 554. The third kappa shape index (κ3) is 4.41. The van der Waals surface area contributed by atoms with Crippen molar-refractivity contribution in [2.45, 2.75) is 37.4 Å². The van der Waals surface area contributed by atoms with E-state index in [1.165, 1.54) is 19.3 Å². The minimum absolute atomic E-state index is 0.298. The van der Waals surface area contributed by atoms with Crippen LogP contribution in [-0.2, 0) is 0 Å². The van der Waals surface area contributed by atoms with Crippen LogP contribution in [0.4, 0.5) is 0 Å². The molecule has 0 spiro atoms. The topological polar surface area (TPSA) is 29.5 Å². The van der Waals surface area contributed by atoms with E-state index in [-0.39, 0.29) is 0 Å². The average Bonchev–Trinajstić information content (AvgIpc) is 2.46. The highest BCUT2D eigenvalue weighted by atomic mass is 79.9. The van der Waals surface area contributed by atoms with Crippen molar-refractivity contribution < 1.29 is 9.84 Å². The summed E-state index contributed by atoms with van der Waals surface area (Å²) in [4.78, 5) is 0.635. The zero-order valence-electron chi connectivity index (χ0n) is 11.8. The normalized spacial score (nSPS) is 12.5. The SMILES string of the molecule is CCC(Br)CCCCOc1ccc2cc(O)ccc2c1. The molecule has 20 heavy (non-hydrogen) atoms. The smallest absolute Gasteiger partial charge is 0.119 e. The third-order valence-corrected chi connectivity index (χ3v) is 4.52. The fourth-order valence-electron chi connectivity index (χ4n) is 2.16. The van der Waals surface area contributed by atoms with E-state index in [0.717, 1.165) is 29.5 Å². The lowest BCUT2D eigenvalue weighted by atomic mass is 10.1. The molecule has 108 valence electrons. The van der Waals surface area contributed by atoms with Crippen LogP contribution in [0, 0.1) is 0 Å². The van der Waals surface area contributed by atoms with Crippen LogP contribution >= 0.6 is 15.9 Å². The maximum absolute atomic E-state index is 9.43. The van der Waals surface area contributed by atoms with Crippen LogP contribution < -0.4 is 4.74 Å². The molecule has 0 radical (unpaired) electrons. The van der Waals surface area contributed by atoms with E-state index < -0.39 is 0 Å². The summed E-state index contributed by atoms with van der Waals surface area (Å²) in [5.41, 5.74) is 0. The second-order valence-corrected chi connectivity index (χ2v) is 6.34. The molecule has 0 amide bonds. The van der Waals surface area contributed by atoms with Gasteiger partial charge in [0.25, 0.3) is 0 Å². The van der Waals surface area contributed by atoms with E-state index in [1.807, 2.05) is 24.3 Å². The van der Waals surface area contributed by atoms with Gasteiger partial charge in [-0.2, -0.15) is 0 Å². The molecule has 2 aromatic carbocycles. The summed E-state index contributed by atoms with van der Waals surface area (Å²) >= 11 is 3.65. The Hall–Kier alpha value is -1.22. The van der Waals surface area contributed by atoms with Gasteiger partial charge in [0.05, 0.1) is 6.61 Å². The van der Waals surface area contributed by atoms with Crippen molar-refractivity contribution in [1.82, 2.24) is 0 Å². The van der Waals surface area contributed by atoms with Gasteiger partial charge in [-0.1, -0.05) is 35.0 Å². The lowest BCUT2D eigenvalue weighted by Gasteiger charge is -2.09. The van der Waals surface area contributed by atoms with Gasteiger partial charge in [-0.05, 0) is 60.7 Å². The molecule has 0 heterocycles. The predicted molar refractivity (Wildman–Crippen MR) is 88.0 cm³/mol. The fourth-order valence-corrected chi connectivity index (χ4v) is 2.49. The first-order valence-corrected chi connectivity index (χ1v) is 8.10. The van der Waals surface area contributed by atoms with Crippen molar-refractivity contribution in [2.75, 3.05) is 6.61 Å². The van der Waals surface area contributed by atoms with Crippen molar-refractivity contribution in [2.24, 2.45) is 0 Å². The number of rotatable bonds is 7. The van der Waals surface area contributed by atoms with Crippen molar-refractivity contribution in [3.8, 4) is 11.5 Å². The van der Waals surface area contributed by atoms with E-state index >= 15 is 0 Å². The Morgan fingerprint density at radius 1 is 1.10 bits per heavy atom. The highest BCUT2D eigenvalue weighted by Crippen LogP contribution is 2.24. The molecule has 2 rings (SSSR count). The van der Waals surface area contributed by atoms with Gasteiger partial charge >= 0.3 is 0 Å². The summed E-state index contributed by atoms with van der Waals surface area (Å²) in [6.07, 6.45) is 4.65. The Morgan fingerprint density at radius 2 is 1.85 bits per heavy atom. The number of unbranched alkanes of at least 4 members (excludes halogenated alkanes) is 1. The Balaban J connectivity index is 1.83. The monoisotopic (exact) mass is 336 g/mol. The van der Waals surface area contributed by atoms with E-state index in [2.05, 4.69) is 22.9 Å². The minimum atomic E-state index is 0.298. The number of halogens is 1. The zero-order valence-corrected chi connectivity index (χ0v) is 13.4. The molecule has 2 nitrogen and oxygen atoms in total. The van der Waals surface area contributed by atoms with E-state index in [1.54, 1.807) is 12.1 Å². The van der Waals surface area contributed by atoms with Crippen LogP contribution in [0.1, 0.15) is 32.6 Å². The van der Waals surface area contributed by atoms with Crippen molar-refractivity contribution in [3.05, 3.63) is 36.4 Å². The summed E-state index contributed by atoms with van der Waals surface area (Å²) in [6.45, 7) is 2.95. The summed E-state index contributed by atoms with van der Waals surface area (Å²) in [5.74, 6) is 1.19. The van der Waals surface area contributed by atoms with Crippen LogP contribution in [0.3, 0.4) is 0 Å². The molecular weight excluding hydrogens is 316 g/mol. The fraction of sp³-hybridized carbons (Fsp3) is 0.412. The van der Waals surface area contributed by atoms with Crippen molar-refractivity contribution in [3.63, 3.8) is 0 Å². The molecule has 0 aliphatic heterocycles. The van der Waals surface area contributed by atoms with Crippen LogP contribution in [0.5, 0.6) is 11.5 Å². The van der Waals surface area contributed by atoms with Gasteiger partial charge in [0, 0.05) is 4.83 Å². The van der Waals surface area contributed by atoms with Gasteiger partial charge in [-0.3, -0.25) is 0 Å². The van der Waals surface area contributed by atoms with Crippen LogP contribution in [-0.4, -0.2) is 16.5 Å². The number of hydrogen-bond donors (Lipinski definition) is 1. The molecule has 2 aromatic rings. The summed E-state index contributed by atoms with van der Waals surface area (Å²) in [6, 6.07) is 11.3. The Kier molecular flexibility index (Phi) is 5.72. The maximum Gasteiger partial charge on any atom is 0.119 e. The lowest BCUT2D eigenvalue weighted by Crippen LogP contribution is -2.00. The number of alkyl halides is 1. The molecule has 1 atom stereocenters. The number of aromatic hydroxyl groups is 1.